The molecule has 1 N–H and O–H groups in total. The molecule has 2 aromatic rings. The van der Waals surface area contributed by atoms with Crippen LogP contribution in [-0.2, 0) is 11.2 Å². The van der Waals surface area contributed by atoms with Crippen molar-refractivity contribution in [3.05, 3.63) is 34.7 Å². The summed E-state index contributed by atoms with van der Waals surface area (Å²) < 4.78 is 7.12. The van der Waals surface area contributed by atoms with Crippen LogP contribution in [0.2, 0.25) is 5.02 Å². The first-order valence-corrected chi connectivity index (χ1v) is 8.31. The van der Waals surface area contributed by atoms with E-state index in [2.05, 4.69) is 15.2 Å². The zero-order chi connectivity index (χ0) is 16.2. The van der Waals surface area contributed by atoms with Crippen LogP contribution in [0, 0.1) is 0 Å². The lowest BCUT2D eigenvalue weighted by Gasteiger charge is -2.26. The van der Waals surface area contributed by atoms with Gasteiger partial charge in [0.15, 0.2) is 0 Å². The van der Waals surface area contributed by atoms with Gasteiger partial charge in [0, 0.05) is 43.5 Å². The highest BCUT2D eigenvalue weighted by Crippen LogP contribution is 2.17. The van der Waals surface area contributed by atoms with Gasteiger partial charge in [-0.3, -0.25) is 14.1 Å². The molecular weight excluding hydrogens is 316 g/mol. The summed E-state index contributed by atoms with van der Waals surface area (Å²) in [6.07, 6.45) is 2.49. The number of ether oxygens (including phenoxy) is 1. The van der Waals surface area contributed by atoms with Crippen LogP contribution in [-0.4, -0.2) is 59.6 Å². The van der Waals surface area contributed by atoms with Crippen molar-refractivity contribution in [2.45, 2.75) is 13.3 Å². The number of carbonyl (C=O) groups is 1. The molecule has 0 aromatic carbocycles. The number of hydrogen-bond donors (Lipinski definition) is 1. The van der Waals surface area contributed by atoms with Gasteiger partial charge in [-0.15, -0.1) is 0 Å². The van der Waals surface area contributed by atoms with Gasteiger partial charge in [-0.05, 0) is 12.5 Å². The number of morpholine rings is 1. The molecule has 0 atom stereocenters. The summed E-state index contributed by atoms with van der Waals surface area (Å²) in [4.78, 5) is 19.4. The van der Waals surface area contributed by atoms with Crippen LogP contribution in [0.1, 0.15) is 23.1 Å². The van der Waals surface area contributed by atoms with E-state index in [1.54, 1.807) is 22.7 Å². The van der Waals surface area contributed by atoms with E-state index in [0.29, 0.717) is 29.3 Å². The summed E-state index contributed by atoms with van der Waals surface area (Å²) in [7, 11) is 0. The zero-order valence-corrected chi connectivity index (χ0v) is 14.0. The molecule has 0 unspecified atom stereocenters. The summed E-state index contributed by atoms with van der Waals surface area (Å²) in [5, 5.41) is 3.61. The highest BCUT2D eigenvalue weighted by Gasteiger charge is 2.18. The predicted molar refractivity (Wildman–Crippen MR) is 89.2 cm³/mol. The van der Waals surface area contributed by atoms with Crippen LogP contribution in [0.3, 0.4) is 0 Å². The number of rotatable bonds is 5. The number of nitrogens with zero attached hydrogens (tertiary/aromatic N) is 3. The maximum absolute atomic E-state index is 12.6. The molecule has 3 rings (SSSR count). The van der Waals surface area contributed by atoms with E-state index in [9.17, 15) is 4.79 Å². The van der Waals surface area contributed by atoms with Crippen LogP contribution in [0.25, 0.3) is 5.65 Å². The van der Waals surface area contributed by atoms with E-state index in [4.69, 9.17) is 16.3 Å². The Kier molecular flexibility index (Phi) is 5.15. The van der Waals surface area contributed by atoms with Gasteiger partial charge >= 0.3 is 0 Å². The Morgan fingerprint density at radius 3 is 2.96 bits per heavy atom. The minimum absolute atomic E-state index is 0.0927. The Hall–Kier alpha value is -1.63. The summed E-state index contributed by atoms with van der Waals surface area (Å²) in [6.45, 7) is 6.81. The van der Waals surface area contributed by atoms with Crippen molar-refractivity contribution in [1.29, 1.82) is 0 Å². The van der Waals surface area contributed by atoms with Gasteiger partial charge < -0.3 is 10.1 Å². The molecule has 0 spiro atoms. The summed E-state index contributed by atoms with van der Waals surface area (Å²) in [5.41, 5.74) is 2.09. The molecule has 23 heavy (non-hydrogen) atoms. The average molecular weight is 337 g/mol. The Labute approximate surface area is 140 Å². The molecule has 1 aliphatic heterocycles. The molecule has 1 saturated heterocycles. The van der Waals surface area contributed by atoms with E-state index in [-0.39, 0.29) is 5.91 Å². The quantitative estimate of drug-likeness (QED) is 0.901. The van der Waals surface area contributed by atoms with E-state index < -0.39 is 0 Å². The van der Waals surface area contributed by atoms with Gasteiger partial charge in [-0.2, -0.15) is 0 Å². The fourth-order valence-corrected chi connectivity index (χ4v) is 2.95. The molecule has 3 heterocycles. The minimum atomic E-state index is -0.0927. The van der Waals surface area contributed by atoms with Crippen molar-refractivity contribution in [1.82, 2.24) is 19.6 Å². The molecule has 7 heteroatoms. The second-order valence-corrected chi connectivity index (χ2v) is 5.98. The predicted octanol–water partition coefficient (Wildman–Crippen LogP) is 1.61. The van der Waals surface area contributed by atoms with Crippen molar-refractivity contribution >= 4 is 23.2 Å². The molecule has 0 saturated carbocycles. The number of amides is 1. The van der Waals surface area contributed by atoms with Gasteiger partial charge in [0.1, 0.15) is 11.3 Å². The molecule has 1 amide bonds. The fraction of sp³-hybridized carbons (Fsp3) is 0.500. The van der Waals surface area contributed by atoms with E-state index in [0.717, 1.165) is 38.5 Å². The van der Waals surface area contributed by atoms with Gasteiger partial charge in [0.05, 0.1) is 18.9 Å². The lowest BCUT2D eigenvalue weighted by molar-refractivity contribution is 0.0383. The second-order valence-electron chi connectivity index (χ2n) is 5.54. The highest BCUT2D eigenvalue weighted by molar-refractivity contribution is 6.30. The van der Waals surface area contributed by atoms with Crippen LogP contribution < -0.4 is 5.32 Å². The van der Waals surface area contributed by atoms with Crippen molar-refractivity contribution in [3.63, 3.8) is 0 Å². The lowest BCUT2D eigenvalue weighted by atomic mass is 10.2. The normalized spacial score (nSPS) is 15.9. The SMILES string of the molecule is CCc1nc2cc(Cl)ccn2c1C(=O)NCCN1CCOCC1. The molecule has 6 nitrogen and oxygen atoms in total. The number of nitrogens with one attached hydrogen (secondary N) is 1. The van der Waals surface area contributed by atoms with Gasteiger partial charge in [-0.1, -0.05) is 18.5 Å². The van der Waals surface area contributed by atoms with E-state index >= 15 is 0 Å². The Bertz CT molecular complexity index is 695. The third kappa shape index (κ3) is 3.65. The number of imidazole rings is 1. The number of aromatic nitrogens is 2. The van der Waals surface area contributed by atoms with E-state index in [1.807, 2.05) is 6.92 Å². The highest BCUT2D eigenvalue weighted by atomic mass is 35.5. The number of hydrogen-bond acceptors (Lipinski definition) is 4. The number of aryl methyl sites for hydroxylation is 1. The van der Waals surface area contributed by atoms with Crippen LogP contribution in [0.5, 0.6) is 0 Å². The first kappa shape index (κ1) is 16.2. The molecule has 0 radical (unpaired) electrons. The largest absolute Gasteiger partial charge is 0.379 e. The third-order valence-electron chi connectivity index (χ3n) is 4.03. The first-order chi connectivity index (χ1) is 11.2. The molecule has 1 aliphatic rings. The summed E-state index contributed by atoms with van der Waals surface area (Å²) >= 11 is 6.00. The molecule has 124 valence electrons. The van der Waals surface area contributed by atoms with Gasteiger partial charge in [0.2, 0.25) is 0 Å². The van der Waals surface area contributed by atoms with E-state index in [1.165, 1.54) is 0 Å². The standard InChI is InChI=1S/C16H21ClN4O2/c1-2-13-15(21-5-3-12(17)11-14(21)19-13)16(22)18-4-6-20-7-9-23-10-8-20/h3,5,11H,2,4,6-10H2,1H3,(H,18,22). The Morgan fingerprint density at radius 1 is 1.43 bits per heavy atom. The van der Waals surface area contributed by atoms with Crippen molar-refractivity contribution in [2.24, 2.45) is 0 Å². The molecule has 2 aromatic heterocycles. The molecule has 0 aliphatic carbocycles. The zero-order valence-electron chi connectivity index (χ0n) is 13.2. The van der Waals surface area contributed by atoms with Crippen molar-refractivity contribution < 1.29 is 9.53 Å². The third-order valence-corrected chi connectivity index (χ3v) is 4.26. The first-order valence-electron chi connectivity index (χ1n) is 7.94. The Balaban J connectivity index is 1.69. The Morgan fingerprint density at radius 2 is 2.22 bits per heavy atom. The minimum Gasteiger partial charge on any atom is -0.379 e. The number of halogens is 1. The number of fused-ring (bicyclic) bond motifs is 1. The maximum atomic E-state index is 12.6. The van der Waals surface area contributed by atoms with Gasteiger partial charge in [0.25, 0.3) is 5.91 Å². The molecule has 0 bridgehead atoms. The van der Waals surface area contributed by atoms with Crippen LogP contribution in [0.15, 0.2) is 18.3 Å². The smallest absolute Gasteiger partial charge is 0.270 e. The summed E-state index contributed by atoms with van der Waals surface area (Å²) in [6, 6.07) is 3.53. The average Bonchev–Trinajstić information content (AvgIpc) is 2.93. The van der Waals surface area contributed by atoms with Gasteiger partial charge in [-0.25, -0.2) is 4.98 Å². The van der Waals surface area contributed by atoms with Crippen molar-refractivity contribution in [2.75, 3.05) is 39.4 Å². The maximum Gasteiger partial charge on any atom is 0.270 e. The monoisotopic (exact) mass is 336 g/mol. The second kappa shape index (κ2) is 7.29. The summed E-state index contributed by atoms with van der Waals surface area (Å²) in [5.74, 6) is -0.0927. The lowest BCUT2D eigenvalue weighted by Crippen LogP contribution is -2.41. The number of carbonyl (C=O) groups excluding carboxylic acids is 1. The molecule has 1 fully saturated rings. The van der Waals surface area contributed by atoms with Crippen LogP contribution in [0.4, 0.5) is 0 Å². The topological polar surface area (TPSA) is 58.9 Å². The van der Waals surface area contributed by atoms with Crippen molar-refractivity contribution in [3.8, 4) is 0 Å². The fourth-order valence-electron chi connectivity index (χ4n) is 2.79. The number of pyridine rings is 1. The molecular formula is C16H21ClN4O2. The van der Waals surface area contributed by atoms with Crippen LogP contribution >= 0.6 is 11.6 Å².